The van der Waals surface area contributed by atoms with Crippen molar-refractivity contribution >= 4 is 5.97 Å². The second-order valence-electron chi connectivity index (χ2n) is 4.20. The molecule has 5 nitrogen and oxygen atoms in total. The molecule has 0 amide bonds. The number of hydrogen-bond donors (Lipinski definition) is 2. The summed E-state index contributed by atoms with van der Waals surface area (Å²) in [5, 5.41) is 16.5. The smallest absolute Gasteiger partial charge is 0.336 e. The number of carboxylic acids is 1. The lowest BCUT2D eigenvalue weighted by molar-refractivity contribution is 0.0695. The van der Waals surface area contributed by atoms with Gasteiger partial charge in [0.05, 0.1) is 11.3 Å². The molecule has 0 aliphatic heterocycles. The molecule has 2 aromatic rings. The molecule has 2 N–H and O–H groups in total. The molecule has 1 aromatic heterocycles. The van der Waals surface area contributed by atoms with Gasteiger partial charge in [-0.15, -0.1) is 0 Å². The molecule has 0 fully saturated rings. The second-order valence-corrected chi connectivity index (χ2v) is 4.20. The van der Waals surface area contributed by atoms with Crippen molar-refractivity contribution in [3.05, 3.63) is 53.3 Å². The molecule has 0 aliphatic carbocycles. The number of carboxylic acid groups (broad SMARTS) is 1. The van der Waals surface area contributed by atoms with E-state index in [1.54, 1.807) is 18.3 Å². The van der Waals surface area contributed by atoms with Crippen LogP contribution in [-0.4, -0.2) is 20.9 Å². The van der Waals surface area contributed by atoms with Crippen LogP contribution < -0.4 is 5.32 Å². The zero-order chi connectivity index (χ0) is 13.7. The van der Waals surface area contributed by atoms with Gasteiger partial charge < -0.3 is 10.4 Å². The van der Waals surface area contributed by atoms with Crippen LogP contribution >= 0.6 is 0 Å². The number of rotatable bonds is 6. The molecule has 0 atom stereocenters. The van der Waals surface area contributed by atoms with Gasteiger partial charge in [0.2, 0.25) is 0 Å². The highest BCUT2D eigenvalue weighted by Gasteiger charge is 2.08. The van der Waals surface area contributed by atoms with Gasteiger partial charge in [-0.1, -0.05) is 18.2 Å². The minimum absolute atomic E-state index is 0.346. The topological polar surface area (TPSA) is 67.2 Å². The SMILES string of the molecule is CCn1nccc1CNCc1ccccc1C(=O)O. The van der Waals surface area contributed by atoms with Gasteiger partial charge in [0.25, 0.3) is 0 Å². The van der Waals surface area contributed by atoms with Crippen molar-refractivity contribution in [1.29, 1.82) is 0 Å². The Balaban J connectivity index is 1.98. The standard InChI is InChI=1S/C14H17N3O2/c1-2-17-12(7-8-16-17)10-15-9-11-5-3-4-6-13(11)14(18)19/h3-8,15H,2,9-10H2,1H3,(H,18,19). The quantitative estimate of drug-likeness (QED) is 0.831. The van der Waals surface area contributed by atoms with Crippen LogP contribution in [0.5, 0.6) is 0 Å². The van der Waals surface area contributed by atoms with Crippen molar-refractivity contribution in [3.63, 3.8) is 0 Å². The summed E-state index contributed by atoms with van der Waals surface area (Å²) in [5.74, 6) is -0.893. The third kappa shape index (κ3) is 3.20. The molecule has 0 aliphatic rings. The Morgan fingerprint density at radius 1 is 1.32 bits per heavy atom. The Bertz CT molecular complexity index is 563. The molecular formula is C14H17N3O2. The lowest BCUT2D eigenvalue weighted by atomic mass is 10.1. The van der Waals surface area contributed by atoms with Crippen LogP contribution in [-0.2, 0) is 19.6 Å². The highest BCUT2D eigenvalue weighted by atomic mass is 16.4. The van der Waals surface area contributed by atoms with Gasteiger partial charge in [0, 0.05) is 25.8 Å². The van der Waals surface area contributed by atoms with Crippen LogP contribution in [0.3, 0.4) is 0 Å². The molecule has 0 radical (unpaired) electrons. The van der Waals surface area contributed by atoms with Crippen molar-refractivity contribution in [2.24, 2.45) is 0 Å². The van der Waals surface area contributed by atoms with E-state index >= 15 is 0 Å². The first-order chi connectivity index (χ1) is 9.22. The van der Waals surface area contributed by atoms with E-state index < -0.39 is 5.97 Å². The molecule has 2 rings (SSSR count). The molecule has 0 unspecified atom stereocenters. The summed E-state index contributed by atoms with van der Waals surface area (Å²) in [5.41, 5.74) is 2.23. The molecule has 19 heavy (non-hydrogen) atoms. The molecule has 1 heterocycles. The Morgan fingerprint density at radius 2 is 2.11 bits per heavy atom. The van der Waals surface area contributed by atoms with Gasteiger partial charge in [-0.2, -0.15) is 5.10 Å². The first-order valence-electron chi connectivity index (χ1n) is 6.25. The van der Waals surface area contributed by atoms with Gasteiger partial charge in [-0.25, -0.2) is 4.79 Å². The average Bonchev–Trinajstić information content (AvgIpc) is 2.86. The third-order valence-corrected chi connectivity index (χ3v) is 2.97. The van der Waals surface area contributed by atoms with Gasteiger partial charge in [-0.3, -0.25) is 4.68 Å². The van der Waals surface area contributed by atoms with E-state index in [0.717, 1.165) is 17.8 Å². The van der Waals surface area contributed by atoms with Crippen LogP contribution in [0.4, 0.5) is 0 Å². The van der Waals surface area contributed by atoms with E-state index in [0.29, 0.717) is 18.7 Å². The van der Waals surface area contributed by atoms with Crippen molar-refractivity contribution in [3.8, 4) is 0 Å². The summed E-state index contributed by atoms with van der Waals surface area (Å²) in [4.78, 5) is 11.1. The first-order valence-corrected chi connectivity index (χ1v) is 6.25. The Hall–Kier alpha value is -2.14. The van der Waals surface area contributed by atoms with E-state index in [4.69, 9.17) is 5.11 Å². The average molecular weight is 259 g/mol. The van der Waals surface area contributed by atoms with Crippen molar-refractivity contribution in [1.82, 2.24) is 15.1 Å². The van der Waals surface area contributed by atoms with E-state index in [2.05, 4.69) is 10.4 Å². The zero-order valence-electron chi connectivity index (χ0n) is 10.8. The number of aryl methyl sites for hydroxylation is 1. The molecule has 0 bridgehead atoms. The lowest BCUT2D eigenvalue weighted by Gasteiger charge is -2.09. The second kappa shape index (κ2) is 6.15. The van der Waals surface area contributed by atoms with Gasteiger partial charge >= 0.3 is 5.97 Å². The number of aromatic nitrogens is 2. The fraction of sp³-hybridized carbons (Fsp3) is 0.286. The molecule has 0 spiro atoms. The number of nitrogens with zero attached hydrogens (tertiary/aromatic N) is 2. The molecule has 1 aromatic carbocycles. The highest BCUT2D eigenvalue weighted by molar-refractivity contribution is 5.89. The Kier molecular flexibility index (Phi) is 4.30. The number of nitrogens with one attached hydrogen (secondary N) is 1. The minimum Gasteiger partial charge on any atom is -0.478 e. The molecule has 0 saturated carbocycles. The molecule has 0 saturated heterocycles. The number of carbonyl (C=O) groups is 1. The van der Waals surface area contributed by atoms with Crippen LogP contribution in [0.25, 0.3) is 0 Å². The number of aromatic carboxylic acids is 1. The molecular weight excluding hydrogens is 242 g/mol. The monoisotopic (exact) mass is 259 g/mol. The third-order valence-electron chi connectivity index (χ3n) is 2.97. The summed E-state index contributed by atoms with van der Waals surface area (Å²) in [6, 6.07) is 8.99. The maximum absolute atomic E-state index is 11.1. The Labute approximate surface area is 111 Å². The Morgan fingerprint density at radius 3 is 2.84 bits per heavy atom. The van der Waals surface area contributed by atoms with Crippen LogP contribution in [0.15, 0.2) is 36.5 Å². The van der Waals surface area contributed by atoms with Crippen LogP contribution in [0, 0.1) is 0 Å². The summed E-state index contributed by atoms with van der Waals surface area (Å²) in [6.07, 6.45) is 1.77. The highest BCUT2D eigenvalue weighted by Crippen LogP contribution is 2.09. The fourth-order valence-electron chi connectivity index (χ4n) is 2.00. The van der Waals surface area contributed by atoms with Crippen molar-refractivity contribution in [2.45, 2.75) is 26.6 Å². The van der Waals surface area contributed by atoms with Crippen molar-refractivity contribution in [2.75, 3.05) is 0 Å². The zero-order valence-corrected chi connectivity index (χ0v) is 10.8. The number of benzene rings is 1. The summed E-state index contributed by atoms with van der Waals surface area (Å²) in [7, 11) is 0. The van der Waals surface area contributed by atoms with Crippen LogP contribution in [0.1, 0.15) is 28.5 Å². The van der Waals surface area contributed by atoms with Crippen molar-refractivity contribution < 1.29 is 9.90 Å². The lowest BCUT2D eigenvalue weighted by Crippen LogP contribution is -2.17. The van der Waals surface area contributed by atoms with Gasteiger partial charge in [-0.05, 0) is 24.6 Å². The minimum atomic E-state index is -0.893. The maximum atomic E-state index is 11.1. The maximum Gasteiger partial charge on any atom is 0.336 e. The normalized spacial score (nSPS) is 10.6. The summed E-state index contributed by atoms with van der Waals surface area (Å²) < 4.78 is 1.91. The van der Waals surface area contributed by atoms with E-state index in [1.807, 2.05) is 29.8 Å². The predicted octanol–water partition coefficient (Wildman–Crippen LogP) is 1.89. The summed E-state index contributed by atoms with van der Waals surface area (Å²) in [6.45, 7) is 4.06. The molecule has 5 heteroatoms. The predicted molar refractivity (Wildman–Crippen MR) is 71.8 cm³/mol. The van der Waals surface area contributed by atoms with Gasteiger partial charge in [0.15, 0.2) is 0 Å². The molecule has 100 valence electrons. The number of hydrogen-bond acceptors (Lipinski definition) is 3. The van der Waals surface area contributed by atoms with Gasteiger partial charge in [0.1, 0.15) is 0 Å². The van der Waals surface area contributed by atoms with E-state index in [-0.39, 0.29) is 0 Å². The van der Waals surface area contributed by atoms with E-state index in [1.165, 1.54) is 0 Å². The van der Waals surface area contributed by atoms with E-state index in [9.17, 15) is 4.79 Å². The van der Waals surface area contributed by atoms with Crippen LogP contribution in [0.2, 0.25) is 0 Å². The first kappa shape index (κ1) is 13.3. The fourth-order valence-corrected chi connectivity index (χ4v) is 2.00. The largest absolute Gasteiger partial charge is 0.478 e. The summed E-state index contributed by atoms with van der Waals surface area (Å²) >= 11 is 0.